The molecule has 0 saturated heterocycles. The number of nitrogen functional groups attached to an aromatic ring is 1. The molecule has 0 aliphatic heterocycles. The molecule has 0 atom stereocenters. The van der Waals surface area contributed by atoms with Crippen LogP contribution in [0, 0.1) is 6.92 Å². The molecule has 1 aromatic heterocycles. The van der Waals surface area contributed by atoms with Crippen molar-refractivity contribution in [3.05, 3.63) is 48.0 Å². The first-order chi connectivity index (χ1) is 15.7. The van der Waals surface area contributed by atoms with E-state index in [1.807, 2.05) is 25.5 Å². The zero-order valence-electron chi connectivity index (χ0n) is 18.3. The topological polar surface area (TPSA) is 158 Å². The fourth-order valence-electron chi connectivity index (χ4n) is 2.85. The lowest BCUT2D eigenvalue weighted by molar-refractivity contribution is 0.256. The average Bonchev–Trinajstić information content (AvgIpc) is 2.75. The van der Waals surface area contributed by atoms with Gasteiger partial charge in [0.05, 0.1) is 18.1 Å². The van der Waals surface area contributed by atoms with Crippen LogP contribution in [0.25, 0.3) is 11.3 Å². The summed E-state index contributed by atoms with van der Waals surface area (Å²) in [5.41, 5.74) is 7.18. The number of carbonyl (C=O) groups excluding carboxylic acids is 1. The van der Waals surface area contributed by atoms with Gasteiger partial charge in [-0.05, 0) is 51.1 Å². The molecule has 1 heterocycles. The number of hydrogen-bond donors (Lipinski definition) is 3. The molecular formula is C21H24N6O5S. The van der Waals surface area contributed by atoms with Crippen LogP contribution in [0.15, 0.2) is 47.4 Å². The van der Waals surface area contributed by atoms with Crippen LogP contribution >= 0.6 is 0 Å². The van der Waals surface area contributed by atoms with Crippen molar-refractivity contribution < 1.29 is 22.7 Å². The number of aryl methyl sites for hydroxylation is 1. The van der Waals surface area contributed by atoms with Gasteiger partial charge in [-0.1, -0.05) is 17.7 Å². The van der Waals surface area contributed by atoms with Crippen LogP contribution in [-0.4, -0.2) is 42.8 Å². The van der Waals surface area contributed by atoms with E-state index in [1.165, 1.54) is 12.1 Å². The maximum Gasteiger partial charge on any atom is 0.334 e. The number of rotatable bonds is 8. The van der Waals surface area contributed by atoms with Gasteiger partial charge in [-0.3, -0.25) is 5.32 Å². The zero-order chi connectivity index (χ0) is 24.0. The van der Waals surface area contributed by atoms with E-state index in [9.17, 15) is 13.2 Å². The summed E-state index contributed by atoms with van der Waals surface area (Å²) in [6.45, 7) is 6.36. The second-order valence-corrected chi connectivity index (χ2v) is 8.45. The fraction of sp³-hybridized carbons (Fsp3) is 0.238. The SMILES string of the molecule is CCOc1ccc(-c2nnc(N)nc2NC(=O)NS(=O)(=O)c2ccc(C)cc2)cc1OCC. The van der Waals surface area contributed by atoms with Crippen molar-refractivity contribution in [3.63, 3.8) is 0 Å². The van der Waals surface area contributed by atoms with Crippen molar-refractivity contribution in [3.8, 4) is 22.8 Å². The Morgan fingerprint density at radius 1 is 1.00 bits per heavy atom. The number of carbonyl (C=O) groups is 1. The number of nitrogens with zero attached hydrogens (tertiary/aromatic N) is 3. The Hall–Kier alpha value is -3.93. The Balaban J connectivity index is 1.89. The number of nitrogens with two attached hydrogens (primary N) is 1. The fourth-order valence-corrected chi connectivity index (χ4v) is 3.76. The summed E-state index contributed by atoms with van der Waals surface area (Å²) in [7, 11) is -4.10. The minimum absolute atomic E-state index is 0.0586. The highest BCUT2D eigenvalue weighted by atomic mass is 32.2. The van der Waals surface area contributed by atoms with Gasteiger partial charge in [0, 0.05) is 5.56 Å². The number of amides is 2. The lowest BCUT2D eigenvalue weighted by Crippen LogP contribution is -2.35. The van der Waals surface area contributed by atoms with Gasteiger partial charge in [0.1, 0.15) is 5.69 Å². The van der Waals surface area contributed by atoms with Crippen LogP contribution < -0.4 is 25.2 Å². The maximum atomic E-state index is 12.5. The van der Waals surface area contributed by atoms with E-state index in [0.29, 0.717) is 30.3 Å². The largest absolute Gasteiger partial charge is 0.490 e. The van der Waals surface area contributed by atoms with E-state index in [1.54, 1.807) is 30.3 Å². The molecule has 0 aliphatic carbocycles. The molecule has 0 spiro atoms. The Bertz CT molecular complexity index is 1250. The van der Waals surface area contributed by atoms with Crippen LogP contribution in [0.2, 0.25) is 0 Å². The molecular weight excluding hydrogens is 448 g/mol. The first-order valence-electron chi connectivity index (χ1n) is 10.0. The number of benzene rings is 2. The Kier molecular flexibility index (Phi) is 7.28. The molecule has 12 heteroatoms. The molecule has 4 N–H and O–H groups in total. The molecule has 2 aromatic carbocycles. The number of aromatic nitrogens is 3. The van der Waals surface area contributed by atoms with E-state index in [-0.39, 0.29) is 22.4 Å². The third kappa shape index (κ3) is 5.86. The smallest absolute Gasteiger partial charge is 0.334 e. The number of urea groups is 1. The summed E-state index contributed by atoms with van der Waals surface area (Å²) < 4.78 is 38.1. The highest BCUT2D eigenvalue weighted by molar-refractivity contribution is 7.90. The van der Waals surface area contributed by atoms with Crippen LogP contribution in [0.3, 0.4) is 0 Å². The van der Waals surface area contributed by atoms with Crippen molar-refractivity contribution >= 4 is 27.8 Å². The second kappa shape index (κ2) is 10.1. The van der Waals surface area contributed by atoms with Gasteiger partial charge in [0.15, 0.2) is 17.3 Å². The first-order valence-corrected chi connectivity index (χ1v) is 11.5. The van der Waals surface area contributed by atoms with Crippen molar-refractivity contribution in [2.45, 2.75) is 25.7 Å². The molecule has 0 unspecified atom stereocenters. The summed E-state index contributed by atoms with van der Waals surface area (Å²) in [6.07, 6.45) is 0. The Morgan fingerprint density at radius 3 is 2.33 bits per heavy atom. The van der Waals surface area contributed by atoms with Crippen molar-refractivity contribution in [2.24, 2.45) is 0 Å². The van der Waals surface area contributed by atoms with E-state index >= 15 is 0 Å². The average molecular weight is 473 g/mol. The predicted octanol–water partition coefficient (Wildman–Crippen LogP) is 2.74. The van der Waals surface area contributed by atoms with Crippen molar-refractivity contribution in [1.82, 2.24) is 19.9 Å². The summed E-state index contributed by atoms with van der Waals surface area (Å²) in [5, 5.41) is 10.1. The zero-order valence-corrected chi connectivity index (χ0v) is 19.1. The molecule has 0 radical (unpaired) electrons. The summed E-state index contributed by atoms with van der Waals surface area (Å²) in [5.74, 6) is 0.723. The quantitative estimate of drug-likeness (QED) is 0.448. The van der Waals surface area contributed by atoms with Crippen LogP contribution in [-0.2, 0) is 10.0 Å². The number of sulfonamides is 1. The summed E-state index contributed by atoms with van der Waals surface area (Å²) in [4.78, 5) is 16.4. The van der Waals surface area contributed by atoms with Gasteiger partial charge in [0.2, 0.25) is 5.95 Å². The number of hydrogen-bond acceptors (Lipinski definition) is 9. The van der Waals surface area contributed by atoms with E-state index in [4.69, 9.17) is 15.2 Å². The standard InChI is InChI=1S/C21H24N6O5S/c1-4-31-16-11-8-14(12-17(16)32-5-2)18-19(23-20(22)26-25-18)24-21(28)27-33(29,30)15-9-6-13(3)7-10-15/h6-12H,4-5H2,1-3H3,(H4,22,23,24,26,27,28). The molecule has 0 saturated carbocycles. The molecule has 0 fully saturated rings. The van der Waals surface area contributed by atoms with Gasteiger partial charge in [-0.2, -0.15) is 4.98 Å². The third-order valence-electron chi connectivity index (χ3n) is 4.31. The van der Waals surface area contributed by atoms with Gasteiger partial charge < -0.3 is 15.2 Å². The highest BCUT2D eigenvalue weighted by Gasteiger charge is 2.21. The number of anilines is 2. The highest BCUT2D eigenvalue weighted by Crippen LogP contribution is 2.34. The number of nitrogens with one attached hydrogen (secondary N) is 2. The summed E-state index contributed by atoms with van der Waals surface area (Å²) in [6, 6.07) is 10.0. The third-order valence-corrected chi connectivity index (χ3v) is 5.66. The van der Waals surface area contributed by atoms with Gasteiger partial charge in [0.25, 0.3) is 10.0 Å². The van der Waals surface area contributed by atoms with Crippen molar-refractivity contribution in [1.29, 1.82) is 0 Å². The van der Waals surface area contributed by atoms with Gasteiger partial charge in [-0.15, -0.1) is 10.2 Å². The molecule has 174 valence electrons. The molecule has 11 nitrogen and oxygen atoms in total. The first kappa shape index (κ1) is 23.7. The van der Waals surface area contributed by atoms with Crippen LogP contribution in [0.4, 0.5) is 16.6 Å². The normalized spacial score (nSPS) is 11.0. The number of ether oxygens (including phenoxy) is 2. The Labute approximate surface area is 191 Å². The molecule has 0 aliphatic rings. The van der Waals surface area contributed by atoms with E-state index in [2.05, 4.69) is 20.5 Å². The molecule has 33 heavy (non-hydrogen) atoms. The lowest BCUT2D eigenvalue weighted by Gasteiger charge is -2.14. The maximum absolute atomic E-state index is 12.5. The van der Waals surface area contributed by atoms with E-state index < -0.39 is 16.1 Å². The second-order valence-electron chi connectivity index (χ2n) is 6.77. The summed E-state index contributed by atoms with van der Waals surface area (Å²) >= 11 is 0. The Morgan fingerprint density at radius 2 is 1.67 bits per heavy atom. The van der Waals surface area contributed by atoms with Crippen LogP contribution in [0.5, 0.6) is 11.5 Å². The van der Waals surface area contributed by atoms with Crippen molar-refractivity contribution in [2.75, 3.05) is 24.3 Å². The minimum Gasteiger partial charge on any atom is -0.490 e. The van der Waals surface area contributed by atoms with E-state index in [0.717, 1.165) is 5.56 Å². The molecule has 2 amide bonds. The van der Waals surface area contributed by atoms with Crippen LogP contribution in [0.1, 0.15) is 19.4 Å². The van der Waals surface area contributed by atoms with Gasteiger partial charge in [-0.25, -0.2) is 17.9 Å². The van der Waals surface area contributed by atoms with Gasteiger partial charge >= 0.3 is 6.03 Å². The monoisotopic (exact) mass is 472 g/mol. The lowest BCUT2D eigenvalue weighted by atomic mass is 10.1. The molecule has 3 aromatic rings. The molecule has 3 rings (SSSR count). The molecule has 0 bridgehead atoms. The minimum atomic E-state index is -4.10. The predicted molar refractivity (Wildman–Crippen MR) is 123 cm³/mol.